The summed E-state index contributed by atoms with van der Waals surface area (Å²) >= 11 is 0. The van der Waals surface area contributed by atoms with Crippen LogP contribution >= 0.6 is 24.8 Å². The van der Waals surface area contributed by atoms with Crippen LogP contribution in [0.2, 0.25) is 0 Å². The van der Waals surface area contributed by atoms with Crippen molar-refractivity contribution in [3.63, 3.8) is 0 Å². The number of hydrogen-bond acceptors (Lipinski definition) is 4. The molecule has 4 heterocycles. The SMILES string of the molecule is Cl.Cl.Cn1cc([C@H]2CNC[C@@H]2C(=O)NCc2cn3ccccc3n2)cn1. The van der Waals surface area contributed by atoms with Gasteiger partial charge in [-0.05, 0) is 17.7 Å². The standard InChI is InChI=1S/C17H20N6O.2ClH/c1-22-10-12(6-20-22)14-8-18-9-15(14)17(24)19-7-13-11-23-5-3-2-4-16(23)21-13;;/h2-6,10-11,14-15,18H,7-9H2,1H3,(H,19,24);2*1H/t14-,15+;;/m1../s1. The fraction of sp³-hybridized carbons (Fsp3) is 0.353. The van der Waals surface area contributed by atoms with Gasteiger partial charge in [0.1, 0.15) is 5.65 Å². The van der Waals surface area contributed by atoms with Crippen LogP contribution in [0.5, 0.6) is 0 Å². The summed E-state index contributed by atoms with van der Waals surface area (Å²) in [4.78, 5) is 17.1. The van der Waals surface area contributed by atoms with Crippen molar-refractivity contribution in [2.75, 3.05) is 13.1 Å². The molecule has 3 aromatic heterocycles. The van der Waals surface area contributed by atoms with Crippen molar-refractivity contribution in [1.29, 1.82) is 0 Å². The maximum absolute atomic E-state index is 12.6. The van der Waals surface area contributed by atoms with E-state index in [1.165, 1.54) is 0 Å². The average molecular weight is 397 g/mol. The summed E-state index contributed by atoms with van der Waals surface area (Å²) in [5, 5.41) is 10.6. The molecule has 0 bridgehead atoms. The summed E-state index contributed by atoms with van der Waals surface area (Å²) in [6.45, 7) is 1.94. The van der Waals surface area contributed by atoms with E-state index in [1.54, 1.807) is 4.68 Å². The Balaban J connectivity index is 0.00000121. The van der Waals surface area contributed by atoms with Crippen molar-refractivity contribution in [1.82, 2.24) is 29.8 Å². The molecular formula is C17H22Cl2N6O. The van der Waals surface area contributed by atoms with E-state index in [4.69, 9.17) is 0 Å². The van der Waals surface area contributed by atoms with Crippen LogP contribution in [0.15, 0.2) is 43.0 Å². The highest BCUT2D eigenvalue weighted by atomic mass is 35.5. The van der Waals surface area contributed by atoms with Crippen LogP contribution in [0.4, 0.5) is 0 Å². The molecule has 1 aliphatic rings. The van der Waals surface area contributed by atoms with Gasteiger partial charge in [-0.15, -0.1) is 24.8 Å². The van der Waals surface area contributed by atoms with Crippen LogP contribution in [0.1, 0.15) is 17.2 Å². The number of nitrogens with zero attached hydrogens (tertiary/aromatic N) is 4. The van der Waals surface area contributed by atoms with Crippen molar-refractivity contribution in [2.24, 2.45) is 13.0 Å². The number of hydrogen-bond donors (Lipinski definition) is 2. The van der Waals surface area contributed by atoms with E-state index in [0.717, 1.165) is 23.4 Å². The van der Waals surface area contributed by atoms with Gasteiger partial charge in [0.25, 0.3) is 0 Å². The van der Waals surface area contributed by atoms with Gasteiger partial charge in [-0.3, -0.25) is 9.48 Å². The van der Waals surface area contributed by atoms with E-state index in [1.807, 2.05) is 54.4 Å². The Hall–Kier alpha value is -2.09. The van der Waals surface area contributed by atoms with Gasteiger partial charge in [-0.25, -0.2) is 4.98 Å². The smallest absolute Gasteiger partial charge is 0.225 e. The molecule has 26 heavy (non-hydrogen) atoms. The fourth-order valence-electron chi connectivity index (χ4n) is 3.32. The maximum atomic E-state index is 12.6. The van der Waals surface area contributed by atoms with Crippen LogP contribution in [0.3, 0.4) is 0 Å². The van der Waals surface area contributed by atoms with Crippen molar-refractivity contribution in [3.8, 4) is 0 Å². The van der Waals surface area contributed by atoms with Crippen molar-refractivity contribution in [2.45, 2.75) is 12.5 Å². The second-order valence-corrected chi connectivity index (χ2v) is 6.23. The largest absolute Gasteiger partial charge is 0.350 e. The fourth-order valence-corrected chi connectivity index (χ4v) is 3.32. The molecular weight excluding hydrogens is 375 g/mol. The lowest BCUT2D eigenvalue weighted by atomic mass is 9.90. The molecule has 4 rings (SSSR count). The number of rotatable bonds is 4. The number of carbonyl (C=O) groups excluding carboxylic acids is 1. The molecule has 0 radical (unpaired) electrons. The quantitative estimate of drug-likeness (QED) is 0.700. The summed E-state index contributed by atoms with van der Waals surface area (Å²) in [5.74, 6) is 0.150. The summed E-state index contributed by atoms with van der Waals surface area (Å²) < 4.78 is 3.73. The summed E-state index contributed by atoms with van der Waals surface area (Å²) in [7, 11) is 1.89. The van der Waals surface area contributed by atoms with Crippen LogP contribution in [-0.2, 0) is 18.4 Å². The molecule has 140 valence electrons. The van der Waals surface area contributed by atoms with E-state index < -0.39 is 0 Å². The first-order chi connectivity index (χ1) is 11.7. The van der Waals surface area contributed by atoms with E-state index in [-0.39, 0.29) is 42.6 Å². The molecule has 0 unspecified atom stereocenters. The van der Waals surface area contributed by atoms with E-state index >= 15 is 0 Å². The zero-order valence-corrected chi connectivity index (χ0v) is 16.0. The van der Waals surface area contributed by atoms with Gasteiger partial charge in [0.2, 0.25) is 5.91 Å². The highest BCUT2D eigenvalue weighted by Crippen LogP contribution is 2.27. The Morgan fingerprint density at radius 2 is 2.15 bits per heavy atom. The van der Waals surface area contributed by atoms with Gasteiger partial charge in [0.05, 0.1) is 24.4 Å². The molecule has 2 N–H and O–H groups in total. The molecule has 0 aromatic carbocycles. The number of carbonyl (C=O) groups is 1. The van der Waals surface area contributed by atoms with Gasteiger partial charge in [0.15, 0.2) is 0 Å². The highest BCUT2D eigenvalue weighted by molar-refractivity contribution is 5.85. The number of imidazole rings is 1. The van der Waals surface area contributed by atoms with Crippen molar-refractivity contribution < 1.29 is 4.79 Å². The third-order valence-corrected chi connectivity index (χ3v) is 4.56. The van der Waals surface area contributed by atoms with Gasteiger partial charge in [-0.2, -0.15) is 5.10 Å². The van der Waals surface area contributed by atoms with Gasteiger partial charge >= 0.3 is 0 Å². The highest BCUT2D eigenvalue weighted by Gasteiger charge is 2.34. The lowest BCUT2D eigenvalue weighted by molar-refractivity contribution is -0.125. The molecule has 9 heteroatoms. The molecule has 0 spiro atoms. The van der Waals surface area contributed by atoms with Gasteiger partial charge < -0.3 is 15.0 Å². The molecule has 0 saturated carbocycles. The zero-order valence-electron chi connectivity index (χ0n) is 14.3. The number of amides is 1. The zero-order chi connectivity index (χ0) is 16.5. The van der Waals surface area contributed by atoms with Crippen LogP contribution < -0.4 is 10.6 Å². The predicted octanol–water partition coefficient (Wildman–Crippen LogP) is 1.53. The Bertz CT molecular complexity index is 844. The second-order valence-electron chi connectivity index (χ2n) is 6.23. The third-order valence-electron chi connectivity index (χ3n) is 4.56. The number of halogens is 2. The Morgan fingerprint density at radius 3 is 2.88 bits per heavy atom. The number of nitrogens with one attached hydrogen (secondary N) is 2. The van der Waals surface area contributed by atoms with Crippen LogP contribution in [-0.4, -0.2) is 38.2 Å². The van der Waals surface area contributed by atoms with Gasteiger partial charge in [0, 0.05) is 44.6 Å². The Labute approximate surface area is 164 Å². The number of aromatic nitrogens is 4. The normalized spacial score (nSPS) is 19.0. The topological polar surface area (TPSA) is 76.2 Å². The second kappa shape index (κ2) is 8.53. The Morgan fingerprint density at radius 1 is 1.31 bits per heavy atom. The lowest BCUT2D eigenvalue weighted by Gasteiger charge is -2.16. The number of aryl methyl sites for hydroxylation is 1. The maximum Gasteiger partial charge on any atom is 0.225 e. The van der Waals surface area contributed by atoms with E-state index in [9.17, 15) is 4.79 Å². The van der Waals surface area contributed by atoms with E-state index in [0.29, 0.717) is 13.1 Å². The molecule has 0 aliphatic carbocycles. The minimum atomic E-state index is -0.0776. The Kier molecular flexibility index (Phi) is 6.63. The first kappa shape index (κ1) is 20.2. The van der Waals surface area contributed by atoms with Crippen LogP contribution in [0, 0.1) is 5.92 Å². The van der Waals surface area contributed by atoms with Crippen LogP contribution in [0.25, 0.3) is 5.65 Å². The molecule has 1 amide bonds. The summed E-state index contributed by atoms with van der Waals surface area (Å²) in [6, 6.07) is 5.86. The molecule has 7 nitrogen and oxygen atoms in total. The van der Waals surface area contributed by atoms with Gasteiger partial charge in [-0.1, -0.05) is 6.07 Å². The monoisotopic (exact) mass is 396 g/mol. The molecule has 1 aliphatic heterocycles. The van der Waals surface area contributed by atoms with E-state index in [2.05, 4.69) is 20.7 Å². The minimum absolute atomic E-state index is 0. The van der Waals surface area contributed by atoms with Crippen molar-refractivity contribution in [3.05, 3.63) is 54.2 Å². The summed E-state index contributed by atoms with van der Waals surface area (Å²) in [5.41, 5.74) is 2.85. The first-order valence-corrected chi connectivity index (χ1v) is 8.10. The molecule has 2 atom stereocenters. The first-order valence-electron chi connectivity index (χ1n) is 8.10. The number of fused-ring (bicyclic) bond motifs is 1. The number of pyridine rings is 1. The summed E-state index contributed by atoms with van der Waals surface area (Å²) in [6.07, 6.45) is 7.73. The predicted molar refractivity (Wildman–Crippen MR) is 104 cm³/mol. The lowest BCUT2D eigenvalue weighted by Crippen LogP contribution is -2.34. The molecule has 3 aromatic rings. The average Bonchev–Trinajstić information content (AvgIpc) is 3.30. The molecule has 1 fully saturated rings. The minimum Gasteiger partial charge on any atom is -0.350 e. The van der Waals surface area contributed by atoms with Crippen molar-refractivity contribution >= 4 is 36.4 Å². The third kappa shape index (κ3) is 4.00. The molecule has 1 saturated heterocycles.